The topological polar surface area (TPSA) is 70.2 Å². The van der Waals surface area contributed by atoms with Gasteiger partial charge in [0.15, 0.2) is 0 Å². The highest BCUT2D eigenvalue weighted by molar-refractivity contribution is 5.83. The standard InChI is InChI=1S/C17H25N3O2/c1-13-7-5-6-8-14(13)11-18-16(21)12-19-17(22)20-15-9-3-2-4-10-15/h5-8,15H,2-4,9-12H2,1H3,(H,18,21)(H2,19,20,22). The summed E-state index contributed by atoms with van der Waals surface area (Å²) in [6.07, 6.45) is 5.66. The van der Waals surface area contributed by atoms with Crippen molar-refractivity contribution in [2.45, 2.75) is 51.6 Å². The third-order valence-electron chi connectivity index (χ3n) is 4.09. The van der Waals surface area contributed by atoms with Gasteiger partial charge in [0.2, 0.25) is 5.91 Å². The fourth-order valence-electron chi connectivity index (χ4n) is 2.71. The molecule has 1 aliphatic rings. The van der Waals surface area contributed by atoms with E-state index in [9.17, 15) is 9.59 Å². The molecule has 1 aliphatic carbocycles. The van der Waals surface area contributed by atoms with Crippen LogP contribution in [-0.2, 0) is 11.3 Å². The Bertz CT molecular complexity index is 510. The van der Waals surface area contributed by atoms with Crippen LogP contribution in [0.15, 0.2) is 24.3 Å². The molecule has 0 spiro atoms. The molecule has 1 aromatic rings. The molecule has 1 fully saturated rings. The number of amides is 3. The molecule has 0 heterocycles. The van der Waals surface area contributed by atoms with Crippen molar-refractivity contribution in [1.29, 1.82) is 0 Å². The van der Waals surface area contributed by atoms with E-state index in [1.165, 1.54) is 19.3 Å². The van der Waals surface area contributed by atoms with Crippen molar-refractivity contribution < 1.29 is 9.59 Å². The molecule has 3 N–H and O–H groups in total. The molecule has 3 amide bonds. The number of hydrogen-bond acceptors (Lipinski definition) is 2. The van der Waals surface area contributed by atoms with Crippen LogP contribution in [0.2, 0.25) is 0 Å². The van der Waals surface area contributed by atoms with Gasteiger partial charge < -0.3 is 16.0 Å². The number of rotatable bonds is 5. The second-order valence-electron chi connectivity index (χ2n) is 5.87. The molecule has 2 rings (SSSR count). The number of benzene rings is 1. The first-order chi connectivity index (χ1) is 10.6. The Morgan fingerprint density at radius 1 is 1.09 bits per heavy atom. The Morgan fingerprint density at radius 2 is 1.82 bits per heavy atom. The minimum absolute atomic E-state index is 0.00440. The third kappa shape index (κ3) is 5.39. The molecule has 0 bridgehead atoms. The van der Waals surface area contributed by atoms with Gasteiger partial charge in [-0.05, 0) is 30.9 Å². The Kier molecular flexibility index (Phi) is 6.25. The fourth-order valence-corrected chi connectivity index (χ4v) is 2.71. The quantitative estimate of drug-likeness (QED) is 0.781. The van der Waals surface area contributed by atoms with E-state index in [4.69, 9.17) is 0 Å². The van der Waals surface area contributed by atoms with E-state index < -0.39 is 0 Å². The van der Waals surface area contributed by atoms with Gasteiger partial charge in [0.25, 0.3) is 0 Å². The van der Waals surface area contributed by atoms with Gasteiger partial charge in [-0.1, -0.05) is 43.5 Å². The lowest BCUT2D eigenvalue weighted by Crippen LogP contribution is -2.46. The van der Waals surface area contributed by atoms with Gasteiger partial charge >= 0.3 is 6.03 Å². The summed E-state index contributed by atoms with van der Waals surface area (Å²) in [6, 6.07) is 7.92. The van der Waals surface area contributed by atoms with E-state index in [1.54, 1.807) is 0 Å². The Balaban J connectivity index is 1.64. The van der Waals surface area contributed by atoms with E-state index >= 15 is 0 Å². The van der Waals surface area contributed by atoms with Crippen LogP contribution in [0.5, 0.6) is 0 Å². The average molecular weight is 303 g/mol. The van der Waals surface area contributed by atoms with Crippen molar-refractivity contribution >= 4 is 11.9 Å². The SMILES string of the molecule is Cc1ccccc1CNC(=O)CNC(=O)NC1CCCCC1. The summed E-state index contributed by atoms with van der Waals surface area (Å²) in [6.45, 7) is 2.50. The maximum absolute atomic E-state index is 11.8. The predicted molar refractivity (Wildman–Crippen MR) is 86.4 cm³/mol. The summed E-state index contributed by atoms with van der Waals surface area (Å²) in [7, 11) is 0. The van der Waals surface area contributed by atoms with Crippen LogP contribution >= 0.6 is 0 Å². The second kappa shape index (κ2) is 8.41. The van der Waals surface area contributed by atoms with Crippen molar-refractivity contribution in [1.82, 2.24) is 16.0 Å². The minimum atomic E-state index is -0.252. The molecule has 0 atom stereocenters. The van der Waals surface area contributed by atoms with Crippen LogP contribution in [0.1, 0.15) is 43.2 Å². The maximum Gasteiger partial charge on any atom is 0.315 e. The summed E-state index contributed by atoms with van der Waals surface area (Å²) in [4.78, 5) is 23.5. The summed E-state index contributed by atoms with van der Waals surface area (Å²) in [5.41, 5.74) is 2.23. The first kappa shape index (κ1) is 16.3. The molecule has 5 nitrogen and oxygen atoms in total. The highest BCUT2D eigenvalue weighted by Crippen LogP contribution is 2.17. The van der Waals surface area contributed by atoms with Crippen molar-refractivity contribution in [3.8, 4) is 0 Å². The highest BCUT2D eigenvalue weighted by Gasteiger charge is 2.15. The molecular formula is C17H25N3O2. The van der Waals surface area contributed by atoms with Gasteiger partial charge in [0.05, 0.1) is 6.54 Å². The normalized spacial score (nSPS) is 15.1. The molecule has 1 aromatic carbocycles. The summed E-state index contributed by atoms with van der Waals surface area (Å²) < 4.78 is 0. The van der Waals surface area contributed by atoms with Gasteiger partial charge in [-0.15, -0.1) is 0 Å². The van der Waals surface area contributed by atoms with Crippen LogP contribution in [0, 0.1) is 6.92 Å². The zero-order valence-corrected chi connectivity index (χ0v) is 13.2. The lowest BCUT2D eigenvalue weighted by atomic mass is 9.96. The van der Waals surface area contributed by atoms with Gasteiger partial charge in [-0.3, -0.25) is 4.79 Å². The van der Waals surface area contributed by atoms with Gasteiger partial charge in [-0.2, -0.15) is 0 Å². The van der Waals surface area contributed by atoms with Crippen LogP contribution in [0.3, 0.4) is 0 Å². The first-order valence-corrected chi connectivity index (χ1v) is 8.00. The van der Waals surface area contributed by atoms with E-state index in [1.807, 2.05) is 31.2 Å². The Labute approximate surface area is 131 Å². The van der Waals surface area contributed by atoms with Gasteiger partial charge in [0, 0.05) is 12.6 Å². The number of nitrogens with one attached hydrogen (secondary N) is 3. The van der Waals surface area contributed by atoms with E-state index in [0.717, 1.165) is 24.0 Å². The lowest BCUT2D eigenvalue weighted by Gasteiger charge is -2.22. The highest BCUT2D eigenvalue weighted by atomic mass is 16.2. The number of carbonyl (C=O) groups is 2. The largest absolute Gasteiger partial charge is 0.350 e. The van der Waals surface area contributed by atoms with Crippen LogP contribution in [-0.4, -0.2) is 24.5 Å². The second-order valence-corrected chi connectivity index (χ2v) is 5.87. The van der Waals surface area contributed by atoms with Crippen molar-refractivity contribution in [2.75, 3.05) is 6.54 Å². The molecule has 0 radical (unpaired) electrons. The van der Waals surface area contributed by atoms with E-state index in [2.05, 4.69) is 16.0 Å². The summed E-state index contributed by atoms with van der Waals surface area (Å²) in [5, 5.41) is 8.36. The predicted octanol–water partition coefficient (Wildman–Crippen LogP) is 2.24. The molecule has 0 unspecified atom stereocenters. The molecule has 0 aliphatic heterocycles. The Morgan fingerprint density at radius 3 is 2.55 bits per heavy atom. The summed E-state index contributed by atoms with van der Waals surface area (Å²) >= 11 is 0. The van der Waals surface area contributed by atoms with Crippen LogP contribution in [0.25, 0.3) is 0 Å². The van der Waals surface area contributed by atoms with Gasteiger partial charge in [0.1, 0.15) is 0 Å². The first-order valence-electron chi connectivity index (χ1n) is 8.00. The van der Waals surface area contributed by atoms with Crippen LogP contribution in [0.4, 0.5) is 4.79 Å². The maximum atomic E-state index is 11.8. The number of urea groups is 1. The molecule has 1 saturated carbocycles. The zero-order chi connectivity index (χ0) is 15.8. The zero-order valence-electron chi connectivity index (χ0n) is 13.2. The number of aryl methyl sites for hydroxylation is 1. The molecule has 5 heteroatoms. The number of hydrogen-bond donors (Lipinski definition) is 3. The smallest absolute Gasteiger partial charge is 0.315 e. The lowest BCUT2D eigenvalue weighted by molar-refractivity contribution is -0.120. The third-order valence-corrected chi connectivity index (χ3v) is 4.09. The molecule has 22 heavy (non-hydrogen) atoms. The number of carbonyl (C=O) groups excluding carboxylic acids is 2. The summed E-state index contributed by atoms with van der Waals surface area (Å²) in [5.74, 6) is -0.179. The van der Waals surface area contributed by atoms with Crippen LogP contribution < -0.4 is 16.0 Å². The fraction of sp³-hybridized carbons (Fsp3) is 0.529. The average Bonchev–Trinajstić information content (AvgIpc) is 2.53. The van der Waals surface area contributed by atoms with Crippen molar-refractivity contribution in [3.05, 3.63) is 35.4 Å². The van der Waals surface area contributed by atoms with Crippen molar-refractivity contribution in [3.63, 3.8) is 0 Å². The van der Waals surface area contributed by atoms with Crippen molar-refractivity contribution in [2.24, 2.45) is 0 Å². The van der Waals surface area contributed by atoms with E-state index in [0.29, 0.717) is 6.54 Å². The van der Waals surface area contributed by atoms with Gasteiger partial charge in [-0.25, -0.2) is 4.79 Å². The minimum Gasteiger partial charge on any atom is -0.350 e. The Hall–Kier alpha value is -2.04. The molecule has 0 saturated heterocycles. The molecule has 120 valence electrons. The molecular weight excluding hydrogens is 278 g/mol. The monoisotopic (exact) mass is 303 g/mol. The van der Waals surface area contributed by atoms with E-state index in [-0.39, 0.29) is 24.5 Å². The molecule has 0 aromatic heterocycles.